The molecule has 76 valence electrons. The molecular weight excluding hydrogens is 170 g/mol. The van der Waals surface area contributed by atoms with E-state index < -0.39 is 0 Å². The lowest BCUT2D eigenvalue weighted by Gasteiger charge is -2.32. The van der Waals surface area contributed by atoms with Crippen molar-refractivity contribution < 1.29 is 14.4 Å². The minimum Gasteiger partial charge on any atom is -0.368 e. The summed E-state index contributed by atoms with van der Waals surface area (Å²) in [5.41, 5.74) is 0. The number of hydrogen-bond acceptors (Lipinski definition) is 3. The Morgan fingerprint density at radius 1 is 1.54 bits per heavy atom. The van der Waals surface area contributed by atoms with Crippen LogP contribution in [0.4, 0.5) is 0 Å². The molecule has 0 aromatic carbocycles. The Morgan fingerprint density at radius 2 is 2.15 bits per heavy atom. The fourth-order valence-electron chi connectivity index (χ4n) is 1.35. The third-order valence-electron chi connectivity index (χ3n) is 2.40. The summed E-state index contributed by atoms with van der Waals surface area (Å²) in [6, 6.07) is 0. The van der Waals surface area contributed by atoms with Crippen molar-refractivity contribution >= 4 is 5.91 Å². The Balaban J connectivity index is 2.09. The van der Waals surface area contributed by atoms with Crippen LogP contribution in [-0.2, 0) is 14.4 Å². The van der Waals surface area contributed by atoms with Crippen LogP contribution in [0.3, 0.4) is 0 Å². The van der Waals surface area contributed by atoms with Crippen molar-refractivity contribution in [3.63, 3.8) is 0 Å². The second kappa shape index (κ2) is 4.58. The van der Waals surface area contributed by atoms with Gasteiger partial charge in [0.25, 0.3) is 5.91 Å². The molecule has 0 spiro atoms. The van der Waals surface area contributed by atoms with Gasteiger partial charge in [0.05, 0.1) is 13.2 Å². The smallest absolute Gasteiger partial charge is 0.271 e. The molecule has 0 aromatic rings. The third-order valence-corrected chi connectivity index (χ3v) is 2.40. The predicted octanol–water partition coefficient (Wildman–Crippen LogP) is 0.821. The lowest BCUT2D eigenvalue weighted by atomic mass is 9.84. The fourth-order valence-corrected chi connectivity index (χ4v) is 1.35. The van der Waals surface area contributed by atoms with Gasteiger partial charge in [-0.3, -0.25) is 9.63 Å². The van der Waals surface area contributed by atoms with E-state index in [2.05, 4.69) is 6.92 Å². The molecule has 0 unspecified atom stereocenters. The maximum Gasteiger partial charge on any atom is 0.271 e. The van der Waals surface area contributed by atoms with Crippen molar-refractivity contribution in [2.45, 2.75) is 25.9 Å². The molecule has 13 heavy (non-hydrogen) atoms. The number of ether oxygens (including phenoxy) is 1. The molecule has 1 aliphatic rings. The monoisotopic (exact) mass is 187 g/mol. The van der Waals surface area contributed by atoms with Crippen molar-refractivity contribution in [2.24, 2.45) is 5.92 Å². The Hall–Kier alpha value is -0.610. The molecule has 0 aliphatic heterocycles. The first kappa shape index (κ1) is 10.5. The highest BCUT2D eigenvalue weighted by atomic mass is 16.7. The van der Waals surface area contributed by atoms with Crippen LogP contribution in [0.5, 0.6) is 0 Å². The van der Waals surface area contributed by atoms with E-state index in [1.807, 2.05) is 0 Å². The van der Waals surface area contributed by atoms with E-state index in [0.29, 0.717) is 0 Å². The topological polar surface area (TPSA) is 38.8 Å². The standard InChI is InChI=1S/C9H17NO3/c1-7-4-8(5-7)13-6-9(11)10(2)12-3/h7-8H,4-6H2,1-3H3. The van der Waals surface area contributed by atoms with E-state index in [4.69, 9.17) is 9.57 Å². The molecule has 0 atom stereocenters. The number of hydrogen-bond donors (Lipinski definition) is 0. The molecule has 0 bridgehead atoms. The number of likely N-dealkylation sites (N-methyl/N-ethyl adjacent to an activating group) is 1. The molecule has 1 rings (SSSR count). The number of hydroxylamine groups is 2. The Kier molecular flexibility index (Phi) is 3.69. The predicted molar refractivity (Wildman–Crippen MR) is 47.9 cm³/mol. The fraction of sp³-hybridized carbons (Fsp3) is 0.889. The minimum absolute atomic E-state index is 0.127. The first-order valence-electron chi connectivity index (χ1n) is 4.55. The molecule has 1 fully saturated rings. The number of rotatable bonds is 4. The van der Waals surface area contributed by atoms with Gasteiger partial charge in [0.15, 0.2) is 0 Å². The highest BCUT2D eigenvalue weighted by Crippen LogP contribution is 2.28. The zero-order chi connectivity index (χ0) is 9.84. The maximum atomic E-state index is 11.2. The summed E-state index contributed by atoms with van der Waals surface area (Å²) in [7, 11) is 3.04. The summed E-state index contributed by atoms with van der Waals surface area (Å²) in [4.78, 5) is 15.9. The van der Waals surface area contributed by atoms with E-state index in [9.17, 15) is 4.79 Å². The zero-order valence-electron chi connectivity index (χ0n) is 8.45. The van der Waals surface area contributed by atoms with Crippen LogP contribution in [0.1, 0.15) is 19.8 Å². The van der Waals surface area contributed by atoms with E-state index in [-0.39, 0.29) is 18.6 Å². The molecule has 0 N–H and O–H groups in total. The van der Waals surface area contributed by atoms with Crippen LogP contribution < -0.4 is 0 Å². The minimum atomic E-state index is -0.137. The molecule has 0 saturated heterocycles. The summed E-state index contributed by atoms with van der Waals surface area (Å²) in [5, 5.41) is 1.18. The number of carbonyl (C=O) groups is 1. The molecule has 0 heterocycles. The average Bonchev–Trinajstić information content (AvgIpc) is 2.08. The highest BCUT2D eigenvalue weighted by molar-refractivity contribution is 5.76. The molecule has 4 heteroatoms. The first-order valence-corrected chi connectivity index (χ1v) is 4.55. The second-order valence-corrected chi connectivity index (χ2v) is 3.58. The Morgan fingerprint density at radius 3 is 2.62 bits per heavy atom. The van der Waals surface area contributed by atoms with Gasteiger partial charge in [-0.2, -0.15) is 0 Å². The van der Waals surface area contributed by atoms with Crippen LogP contribution in [0.2, 0.25) is 0 Å². The van der Waals surface area contributed by atoms with Gasteiger partial charge in [-0.05, 0) is 18.8 Å². The van der Waals surface area contributed by atoms with Crippen molar-refractivity contribution in [2.75, 3.05) is 20.8 Å². The first-order chi connectivity index (χ1) is 6.13. The van der Waals surface area contributed by atoms with Crippen molar-refractivity contribution in [3.05, 3.63) is 0 Å². The van der Waals surface area contributed by atoms with Crippen LogP contribution in [0, 0.1) is 5.92 Å². The van der Waals surface area contributed by atoms with Gasteiger partial charge < -0.3 is 4.74 Å². The Bertz CT molecular complexity index is 178. The van der Waals surface area contributed by atoms with Crippen molar-refractivity contribution in [3.8, 4) is 0 Å². The van der Waals surface area contributed by atoms with Gasteiger partial charge in [0.1, 0.15) is 6.61 Å². The lowest BCUT2D eigenvalue weighted by molar-refractivity contribution is -0.177. The van der Waals surface area contributed by atoms with Crippen LogP contribution in [0.25, 0.3) is 0 Å². The van der Waals surface area contributed by atoms with Gasteiger partial charge in [-0.1, -0.05) is 6.92 Å². The van der Waals surface area contributed by atoms with Gasteiger partial charge in [-0.15, -0.1) is 0 Å². The third kappa shape index (κ3) is 2.97. The van der Waals surface area contributed by atoms with Gasteiger partial charge in [-0.25, -0.2) is 5.06 Å². The zero-order valence-corrected chi connectivity index (χ0v) is 8.45. The van der Waals surface area contributed by atoms with Crippen molar-refractivity contribution in [1.82, 2.24) is 5.06 Å². The summed E-state index contributed by atoms with van der Waals surface area (Å²) in [5.74, 6) is 0.613. The van der Waals surface area contributed by atoms with Gasteiger partial charge in [0, 0.05) is 7.05 Å². The van der Waals surface area contributed by atoms with Crippen LogP contribution in [-0.4, -0.2) is 37.8 Å². The molecule has 0 aromatic heterocycles. The molecule has 0 radical (unpaired) electrons. The molecular formula is C9H17NO3. The SMILES string of the molecule is CON(C)C(=O)COC1CC(C)C1. The Labute approximate surface area is 78.8 Å². The normalized spacial score (nSPS) is 26.7. The molecule has 1 saturated carbocycles. The molecule has 4 nitrogen and oxygen atoms in total. The average molecular weight is 187 g/mol. The quantitative estimate of drug-likeness (QED) is 0.612. The van der Waals surface area contributed by atoms with Gasteiger partial charge >= 0.3 is 0 Å². The molecule has 1 aliphatic carbocycles. The van der Waals surface area contributed by atoms with E-state index in [1.165, 1.54) is 12.2 Å². The van der Waals surface area contributed by atoms with Crippen LogP contribution in [0.15, 0.2) is 0 Å². The summed E-state index contributed by atoms with van der Waals surface area (Å²) in [6.07, 6.45) is 2.43. The maximum absolute atomic E-state index is 11.2. The largest absolute Gasteiger partial charge is 0.368 e. The lowest BCUT2D eigenvalue weighted by Crippen LogP contribution is -2.35. The number of amides is 1. The number of nitrogens with zero attached hydrogens (tertiary/aromatic N) is 1. The highest BCUT2D eigenvalue weighted by Gasteiger charge is 2.26. The van der Waals surface area contributed by atoms with Crippen molar-refractivity contribution in [1.29, 1.82) is 0 Å². The summed E-state index contributed by atoms with van der Waals surface area (Å²) < 4.78 is 5.36. The van der Waals surface area contributed by atoms with E-state index in [0.717, 1.165) is 18.8 Å². The van der Waals surface area contributed by atoms with E-state index >= 15 is 0 Å². The van der Waals surface area contributed by atoms with Gasteiger partial charge in [0.2, 0.25) is 0 Å². The molecule has 1 amide bonds. The second-order valence-electron chi connectivity index (χ2n) is 3.58. The summed E-state index contributed by atoms with van der Waals surface area (Å²) in [6.45, 7) is 2.31. The van der Waals surface area contributed by atoms with E-state index in [1.54, 1.807) is 7.05 Å². The summed E-state index contributed by atoms with van der Waals surface area (Å²) >= 11 is 0. The number of carbonyl (C=O) groups excluding carboxylic acids is 1. The van der Waals surface area contributed by atoms with Crippen LogP contribution >= 0.6 is 0 Å².